The molecule has 0 aromatic heterocycles. The lowest BCUT2D eigenvalue weighted by Crippen LogP contribution is -2.56. The molecule has 0 spiro atoms. The Morgan fingerprint density at radius 3 is 2.10 bits per heavy atom. The van der Waals surface area contributed by atoms with Gasteiger partial charge in [-0.25, -0.2) is 4.79 Å². The zero-order valence-electron chi connectivity index (χ0n) is 17.7. The lowest BCUT2D eigenvalue weighted by atomic mass is 9.87. The van der Waals surface area contributed by atoms with E-state index in [-0.39, 0.29) is 24.5 Å². The maximum Gasteiger partial charge on any atom is 0.329 e. The van der Waals surface area contributed by atoms with Gasteiger partial charge < -0.3 is 14.8 Å². The highest BCUT2D eigenvalue weighted by atomic mass is 16.5. The van der Waals surface area contributed by atoms with E-state index in [2.05, 4.69) is 31.4 Å². The van der Waals surface area contributed by atoms with Crippen molar-refractivity contribution >= 4 is 17.6 Å². The molecule has 1 unspecified atom stereocenters. The van der Waals surface area contributed by atoms with E-state index < -0.39 is 11.5 Å². The maximum absolute atomic E-state index is 12.4. The monoisotopic (exact) mass is 398 g/mol. The van der Waals surface area contributed by atoms with Crippen LogP contribution in [0.5, 0.6) is 5.75 Å². The molecule has 156 valence electrons. The Morgan fingerprint density at radius 1 is 0.931 bits per heavy atom. The van der Waals surface area contributed by atoms with Gasteiger partial charge >= 0.3 is 5.97 Å². The molecule has 2 aromatic carbocycles. The largest absolute Gasteiger partial charge is 0.491 e. The van der Waals surface area contributed by atoms with E-state index in [0.29, 0.717) is 11.4 Å². The molecule has 0 heterocycles. The molecule has 1 amide bonds. The standard InChI is InChI=1S/C23H30N2O4/c1-22(2,3)17-11-13-18(14-12-17)25-20(26)15-24-23(4,21(27)28-5)16-29-19-9-7-6-8-10-19/h6-14,24H,15-16H2,1-5H3,(H,25,26). The summed E-state index contributed by atoms with van der Waals surface area (Å²) in [5.41, 5.74) is 0.762. The molecule has 0 saturated heterocycles. The second-order valence-corrected chi connectivity index (χ2v) is 8.15. The van der Waals surface area contributed by atoms with Crippen molar-refractivity contribution in [3.8, 4) is 5.75 Å². The van der Waals surface area contributed by atoms with Crippen LogP contribution in [0.1, 0.15) is 33.3 Å². The first-order chi connectivity index (χ1) is 13.6. The van der Waals surface area contributed by atoms with Crippen LogP contribution in [0.25, 0.3) is 0 Å². The third kappa shape index (κ3) is 6.61. The second kappa shape index (κ2) is 9.56. The van der Waals surface area contributed by atoms with Crippen molar-refractivity contribution in [3.05, 3.63) is 60.2 Å². The molecule has 0 bridgehead atoms. The average Bonchev–Trinajstić information content (AvgIpc) is 2.70. The van der Waals surface area contributed by atoms with Crippen LogP contribution in [0.15, 0.2) is 54.6 Å². The maximum atomic E-state index is 12.4. The van der Waals surface area contributed by atoms with Gasteiger partial charge in [0.2, 0.25) is 5.91 Å². The summed E-state index contributed by atoms with van der Waals surface area (Å²) in [5, 5.41) is 5.79. The lowest BCUT2D eigenvalue weighted by Gasteiger charge is -2.27. The topological polar surface area (TPSA) is 76.7 Å². The van der Waals surface area contributed by atoms with Gasteiger partial charge in [-0.1, -0.05) is 51.1 Å². The molecule has 6 heteroatoms. The minimum Gasteiger partial charge on any atom is -0.491 e. The van der Waals surface area contributed by atoms with Crippen LogP contribution in [0.3, 0.4) is 0 Å². The minimum atomic E-state index is -1.17. The Morgan fingerprint density at radius 2 is 1.55 bits per heavy atom. The van der Waals surface area contributed by atoms with Gasteiger partial charge in [0.25, 0.3) is 0 Å². The number of methoxy groups -OCH3 is 1. The van der Waals surface area contributed by atoms with E-state index in [1.54, 1.807) is 19.1 Å². The van der Waals surface area contributed by atoms with Gasteiger partial charge in [-0.3, -0.25) is 10.1 Å². The Bertz CT molecular complexity index is 813. The first-order valence-corrected chi connectivity index (χ1v) is 9.56. The Balaban J connectivity index is 1.95. The van der Waals surface area contributed by atoms with Crippen molar-refractivity contribution in [2.24, 2.45) is 0 Å². The predicted molar refractivity (Wildman–Crippen MR) is 114 cm³/mol. The van der Waals surface area contributed by atoms with Gasteiger partial charge in [0.1, 0.15) is 17.9 Å². The van der Waals surface area contributed by atoms with E-state index >= 15 is 0 Å². The summed E-state index contributed by atoms with van der Waals surface area (Å²) in [5.74, 6) is -0.132. The molecule has 0 aliphatic heterocycles. The zero-order chi connectivity index (χ0) is 21.5. The van der Waals surface area contributed by atoms with Gasteiger partial charge in [-0.2, -0.15) is 0 Å². The third-order valence-electron chi connectivity index (χ3n) is 4.58. The molecule has 2 N–H and O–H groups in total. The van der Waals surface area contributed by atoms with E-state index in [9.17, 15) is 9.59 Å². The number of nitrogens with one attached hydrogen (secondary N) is 2. The fourth-order valence-corrected chi connectivity index (χ4v) is 2.69. The number of hydrogen-bond donors (Lipinski definition) is 2. The van der Waals surface area contributed by atoms with Crippen molar-refractivity contribution in [1.29, 1.82) is 0 Å². The molecular formula is C23H30N2O4. The smallest absolute Gasteiger partial charge is 0.329 e. The van der Waals surface area contributed by atoms with Crippen molar-refractivity contribution in [3.63, 3.8) is 0 Å². The Kier molecular flexibility index (Phi) is 7.40. The molecule has 0 saturated carbocycles. The number of carbonyl (C=O) groups is 2. The minimum absolute atomic E-state index is 0.0250. The van der Waals surface area contributed by atoms with Crippen LogP contribution in [0.4, 0.5) is 5.69 Å². The van der Waals surface area contributed by atoms with E-state index in [0.717, 1.165) is 0 Å². The van der Waals surface area contributed by atoms with Crippen molar-refractivity contribution in [2.45, 2.75) is 38.6 Å². The van der Waals surface area contributed by atoms with Crippen LogP contribution in [-0.2, 0) is 19.7 Å². The fourth-order valence-electron chi connectivity index (χ4n) is 2.69. The molecule has 0 radical (unpaired) electrons. The summed E-state index contributed by atoms with van der Waals surface area (Å²) < 4.78 is 10.6. The Hall–Kier alpha value is -2.86. The number of anilines is 1. The number of para-hydroxylation sites is 1. The Labute approximate surface area is 172 Å². The van der Waals surface area contributed by atoms with Gasteiger partial charge in [0, 0.05) is 5.69 Å². The summed E-state index contributed by atoms with van der Waals surface area (Å²) in [6.07, 6.45) is 0. The zero-order valence-corrected chi connectivity index (χ0v) is 17.7. The van der Waals surface area contributed by atoms with Gasteiger partial charge in [-0.05, 0) is 42.2 Å². The van der Waals surface area contributed by atoms with Crippen LogP contribution in [-0.4, -0.2) is 37.7 Å². The number of ether oxygens (including phenoxy) is 2. The predicted octanol–water partition coefficient (Wildman–Crippen LogP) is 3.52. The quantitative estimate of drug-likeness (QED) is 0.666. The molecule has 0 aliphatic carbocycles. The molecule has 2 rings (SSSR count). The summed E-state index contributed by atoms with van der Waals surface area (Å²) in [4.78, 5) is 24.6. The SMILES string of the molecule is COC(=O)C(C)(COc1ccccc1)NCC(=O)Nc1ccc(C(C)(C)C)cc1. The van der Waals surface area contributed by atoms with Crippen molar-refractivity contribution in [1.82, 2.24) is 5.32 Å². The van der Waals surface area contributed by atoms with Gasteiger partial charge in [0.05, 0.1) is 13.7 Å². The molecule has 0 fully saturated rings. The second-order valence-electron chi connectivity index (χ2n) is 8.15. The molecular weight excluding hydrogens is 368 g/mol. The molecule has 1 atom stereocenters. The number of amides is 1. The van der Waals surface area contributed by atoms with Gasteiger partial charge in [-0.15, -0.1) is 0 Å². The number of carbonyl (C=O) groups excluding carboxylic acids is 2. The molecule has 6 nitrogen and oxygen atoms in total. The van der Waals surface area contributed by atoms with Crippen LogP contribution in [0.2, 0.25) is 0 Å². The number of rotatable bonds is 8. The lowest BCUT2D eigenvalue weighted by molar-refractivity contribution is -0.149. The highest BCUT2D eigenvalue weighted by Gasteiger charge is 2.35. The summed E-state index contributed by atoms with van der Waals surface area (Å²) in [7, 11) is 1.31. The average molecular weight is 399 g/mol. The van der Waals surface area contributed by atoms with Crippen LogP contribution >= 0.6 is 0 Å². The number of hydrogen-bond acceptors (Lipinski definition) is 5. The van der Waals surface area contributed by atoms with Crippen LogP contribution < -0.4 is 15.4 Å². The summed E-state index contributed by atoms with van der Waals surface area (Å²) in [6.45, 7) is 8.01. The third-order valence-corrected chi connectivity index (χ3v) is 4.58. The first-order valence-electron chi connectivity index (χ1n) is 9.56. The highest BCUT2D eigenvalue weighted by Crippen LogP contribution is 2.23. The van der Waals surface area contributed by atoms with Gasteiger partial charge in [0.15, 0.2) is 0 Å². The van der Waals surface area contributed by atoms with E-state index in [1.165, 1.54) is 12.7 Å². The molecule has 2 aromatic rings. The van der Waals surface area contributed by atoms with E-state index in [4.69, 9.17) is 9.47 Å². The van der Waals surface area contributed by atoms with Crippen molar-refractivity contribution in [2.75, 3.05) is 25.6 Å². The normalized spacial score (nSPS) is 13.3. The fraction of sp³-hybridized carbons (Fsp3) is 0.391. The summed E-state index contributed by atoms with van der Waals surface area (Å²) >= 11 is 0. The van der Waals surface area contributed by atoms with E-state index in [1.807, 2.05) is 42.5 Å². The summed E-state index contributed by atoms with van der Waals surface area (Å²) in [6, 6.07) is 16.9. The number of benzene rings is 2. The first kappa shape index (κ1) is 22.4. The number of esters is 1. The van der Waals surface area contributed by atoms with Crippen LogP contribution in [0, 0.1) is 0 Å². The van der Waals surface area contributed by atoms with Crippen molar-refractivity contribution < 1.29 is 19.1 Å². The highest BCUT2D eigenvalue weighted by molar-refractivity contribution is 5.93. The molecule has 0 aliphatic rings. The molecule has 29 heavy (non-hydrogen) atoms.